The van der Waals surface area contributed by atoms with E-state index in [1.807, 2.05) is 9.58 Å². The highest BCUT2D eigenvalue weighted by Gasteiger charge is 2.25. The highest BCUT2D eigenvalue weighted by molar-refractivity contribution is 5.76. The third-order valence-electron chi connectivity index (χ3n) is 4.73. The molecule has 0 spiro atoms. The summed E-state index contributed by atoms with van der Waals surface area (Å²) in [6.07, 6.45) is 0.957. The number of nitrogens with one attached hydrogen (secondary N) is 1. The fourth-order valence-electron chi connectivity index (χ4n) is 3.16. The molecule has 1 saturated heterocycles. The van der Waals surface area contributed by atoms with Gasteiger partial charge in [0.05, 0.1) is 37.7 Å². The van der Waals surface area contributed by atoms with Gasteiger partial charge in [0.2, 0.25) is 5.91 Å². The van der Waals surface area contributed by atoms with Crippen molar-refractivity contribution in [3.63, 3.8) is 0 Å². The summed E-state index contributed by atoms with van der Waals surface area (Å²) in [5, 5.41) is 11.4. The molecule has 2 aliphatic heterocycles. The Kier molecular flexibility index (Phi) is 6.08. The van der Waals surface area contributed by atoms with E-state index in [4.69, 9.17) is 4.74 Å². The smallest absolute Gasteiger partial charge is 0.317 e. The molecular weight excluding hydrogens is 336 g/mol. The number of amides is 3. The third-order valence-corrected chi connectivity index (χ3v) is 4.73. The number of hydrogen-bond acceptors (Lipinski definition) is 5. The first-order valence-corrected chi connectivity index (χ1v) is 9.34. The van der Waals surface area contributed by atoms with Crippen molar-refractivity contribution in [2.24, 2.45) is 5.92 Å². The summed E-state index contributed by atoms with van der Waals surface area (Å²) < 4.78 is 7.13. The summed E-state index contributed by atoms with van der Waals surface area (Å²) in [5.41, 5.74) is 1.75. The van der Waals surface area contributed by atoms with E-state index in [9.17, 15) is 9.59 Å². The molecule has 2 aliphatic rings. The molecule has 0 aromatic carbocycles. The molecular formula is C17H28N6O3. The van der Waals surface area contributed by atoms with E-state index in [1.165, 1.54) is 0 Å². The van der Waals surface area contributed by atoms with Crippen LogP contribution in [-0.2, 0) is 29.0 Å². The zero-order valence-electron chi connectivity index (χ0n) is 15.6. The third kappa shape index (κ3) is 4.51. The molecule has 144 valence electrons. The van der Waals surface area contributed by atoms with Crippen LogP contribution in [0, 0.1) is 5.92 Å². The molecule has 0 bridgehead atoms. The molecule has 26 heavy (non-hydrogen) atoms. The maximum absolute atomic E-state index is 12.3. The summed E-state index contributed by atoms with van der Waals surface area (Å²) >= 11 is 0. The van der Waals surface area contributed by atoms with Crippen LogP contribution in [0.3, 0.4) is 0 Å². The number of ether oxygens (including phenoxy) is 1. The van der Waals surface area contributed by atoms with Gasteiger partial charge in [0, 0.05) is 39.0 Å². The van der Waals surface area contributed by atoms with Crippen LogP contribution < -0.4 is 5.32 Å². The van der Waals surface area contributed by atoms with Crippen molar-refractivity contribution in [2.75, 3.05) is 39.4 Å². The number of morpholine rings is 1. The molecule has 0 aliphatic carbocycles. The predicted molar refractivity (Wildman–Crippen MR) is 94.4 cm³/mol. The zero-order valence-corrected chi connectivity index (χ0v) is 15.6. The molecule has 3 rings (SSSR count). The number of aromatic nitrogens is 3. The average Bonchev–Trinajstić information content (AvgIpc) is 3.07. The quantitative estimate of drug-likeness (QED) is 0.809. The lowest BCUT2D eigenvalue weighted by Gasteiger charge is -2.28. The Morgan fingerprint density at radius 2 is 1.92 bits per heavy atom. The van der Waals surface area contributed by atoms with Gasteiger partial charge in [0.15, 0.2) is 0 Å². The van der Waals surface area contributed by atoms with Crippen molar-refractivity contribution in [3.8, 4) is 0 Å². The Bertz CT molecular complexity index is 638. The van der Waals surface area contributed by atoms with Crippen LogP contribution >= 0.6 is 0 Å². The molecule has 3 heterocycles. The molecule has 1 aromatic heterocycles. The predicted octanol–water partition coefficient (Wildman–Crippen LogP) is 0.251. The molecule has 0 unspecified atom stereocenters. The fraction of sp³-hybridized carbons (Fsp3) is 0.765. The Morgan fingerprint density at radius 3 is 2.65 bits per heavy atom. The average molecular weight is 364 g/mol. The molecule has 0 atom stereocenters. The van der Waals surface area contributed by atoms with Crippen molar-refractivity contribution in [3.05, 3.63) is 11.4 Å². The standard InChI is InChI=1S/C17H28N6O3/c1-13(2)11-18-17(25)22-5-6-23-15(12-22)14(19-20-23)3-4-16(24)21-7-9-26-10-8-21/h13H,3-12H2,1-2H3,(H,18,25). The van der Waals surface area contributed by atoms with E-state index in [0.717, 1.165) is 11.4 Å². The minimum atomic E-state index is -0.0542. The van der Waals surface area contributed by atoms with Crippen LogP contribution in [0.5, 0.6) is 0 Å². The number of carbonyl (C=O) groups is 2. The zero-order chi connectivity index (χ0) is 18.5. The maximum atomic E-state index is 12.3. The second-order valence-electron chi connectivity index (χ2n) is 7.20. The van der Waals surface area contributed by atoms with Crippen LogP contribution in [-0.4, -0.2) is 76.1 Å². The van der Waals surface area contributed by atoms with E-state index in [0.29, 0.717) is 71.2 Å². The molecule has 1 fully saturated rings. The van der Waals surface area contributed by atoms with Gasteiger partial charge in [-0.25, -0.2) is 9.48 Å². The monoisotopic (exact) mass is 364 g/mol. The van der Waals surface area contributed by atoms with Crippen LogP contribution in [0.2, 0.25) is 0 Å². The van der Waals surface area contributed by atoms with E-state index in [2.05, 4.69) is 29.5 Å². The number of carbonyl (C=O) groups excluding carboxylic acids is 2. The van der Waals surface area contributed by atoms with Crippen LogP contribution in [0.15, 0.2) is 0 Å². The summed E-state index contributed by atoms with van der Waals surface area (Å²) in [5.74, 6) is 0.537. The van der Waals surface area contributed by atoms with Gasteiger partial charge in [-0.15, -0.1) is 5.10 Å². The van der Waals surface area contributed by atoms with Crippen LogP contribution in [0.25, 0.3) is 0 Å². The lowest BCUT2D eigenvalue weighted by atomic mass is 10.1. The van der Waals surface area contributed by atoms with Crippen molar-refractivity contribution in [1.29, 1.82) is 0 Å². The molecule has 9 heteroatoms. The van der Waals surface area contributed by atoms with E-state index >= 15 is 0 Å². The van der Waals surface area contributed by atoms with Gasteiger partial charge in [-0.2, -0.15) is 0 Å². The minimum absolute atomic E-state index is 0.0542. The molecule has 0 saturated carbocycles. The van der Waals surface area contributed by atoms with Crippen LogP contribution in [0.4, 0.5) is 4.79 Å². The van der Waals surface area contributed by atoms with Gasteiger partial charge in [-0.3, -0.25) is 4.79 Å². The van der Waals surface area contributed by atoms with Crippen molar-refractivity contribution in [2.45, 2.75) is 39.8 Å². The Labute approximate surface area is 153 Å². The van der Waals surface area contributed by atoms with Gasteiger partial charge >= 0.3 is 6.03 Å². The van der Waals surface area contributed by atoms with Crippen LogP contribution in [0.1, 0.15) is 31.7 Å². The Balaban J connectivity index is 1.56. The fourth-order valence-corrected chi connectivity index (χ4v) is 3.16. The van der Waals surface area contributed by atoms with Crippen molar-refractivity contribution in [1.82, 2.24) is 30.1 Å². The van der Waals surface area contributed by atoms with Gasteiger partial charge in [-0.1, -0.05) is 19.1 Å². The summed E-state index contributed by atoms with van der Waals surface area (Å²) in [6, 6.07) is -0.0542. The number of urea groups is 1. The van der Waals surface area contributed by atoms with Gasteiger partial charge in [0.25, 0.3) is 0 Å². The molecule has 1 aromatic rings. The summed E-state index contributed by atoms with van der Waals surface area (Å²) in [7, 11) is 0. The van der Waals surface area contributed by atoms with Gasteiger partial charge in [-0.05, 0) is 5.92 Å². The second-order valence-corrected chi connectivity index (χ2v) is 7.20. The maximum Gasteiger partial charge on any atom is 0.317 e. The van der Waals surface area contributed by atoms with Crippen molar-refractivity contribution < 1.29 is 14.3 Å². The number of rotatable bonds is 5. The number of fused-ring (bicyclic) bond motifs is 1. The first-order chi connectivity index (χ1) is 12.5. The van der Waals surface area contributed by atoms with Crippen molar-refractivity contribution >= 4 is 11.9 Å². The lowest BCUT2D eigenvalue weighted by molar-refractivity contribution is -0.135. The normalized spacial score (nSPS) is 17.3. The molecule has 3 amide bonds. The Morgan fingerprint density at radius 1 is 1.15 bits per heavy atom. The SMILES string of the molecule is CC(C)CNC(=O)N1CCn2nnc(CCC(=O)N3CCOCC3)c2C1. The second kappa shape index (κ2) is 8.48. The summed E-state index contributed by atoms with van der Waals surface area (Å²) in [6.45, 7) is 9.05. The number of hydrogen-bond donors (Lipinski definition) is 1. The van der Waals surface area contributed by atoms with E-state index in [-0.39, 0.29) is 11.9 Å². The Hall–Kier alpha value is -2.16. The highest BCUT2D eigenvalue weighted by atomic mass is 16.5. The molecule has 0 radical (unpaired) electrons. The largest absolute Gasteiger partial charge is 0.378 e. The molecule has 9 nitrogen and oxygen atoms in total. The lowest BCUT2D eigenvalue weighted by Crippen LogP contribution is -2.45. The highest BCUT2D eigenvalue weighted by Crippen LogP contribution is 2.16. The number of aryl methyl sites for hydroxylation is 1. The summed E-state index contributed by atoms with van der Waals surface area (Å²) in [4.78, 5) is 28.3. The molecule has 1 N–H and O–H groups in total. The minimum Gasteiger partial charge on any atom is -0.378 e. The first-order valence-electron chi connectivity index (χ1n) is 9.34. The first kappa shape index (κ1) is 18.6. The van der Waals surface area contributed by atoms with E-state index in [1.54, 1.807) is 4.90 Å². The van der Waals surface area contributed by atoms with Gasteiger partial charge in [0.1, 0.15) is 0 Å². The van der Waals surface area contributed by atoms with E-state index < -0.39 is 0 Å². The topological polar surface area (TPSA) is 92.6 Å². The number of nitrogens with zero attached hydrogens (tertiary/aromatic N) is 5. The van der Waals surface area contributed by atoms with Gasteiger partial charge < -0.3 is 19.9 Å².